The summed E-state index contributed by atoms with van der Waals surface area (Å²) in [5.74, 6) is 0.186. The monoisotopic (exact) mass is 277 g/mol. The molecule has 106 valence electrons. The summed E-state index contributed by atoms with van der Waals surface area (Å²) in [6.07, 6.45) is 1.73. The van der Waals surface area contributed by atoms with E-state index in [2.05, 4.69) is 10.2 Å². The molecule has 20 heavy (non-hydrogen) atoms. The van der Waals surface area contributed by atoms with Gasteiger partial charge >= 0.3 is 7.12 Å². The second kappa shape index (κ2) is 4.02. The summed E-state index contributed by atoms with van der Waals surface area (Å²) in [5, 5.41) is 7.72. The van der Waals surface area contributed by atoms with Crippen molar-refractivity contribution in [2.75, 3.05) is 0 Å². The summed E-state index contributed by atoms with van der Waals surface area (Å²) in [7, 11) is -0.734. The molecule has 0 saturated carbocycles. The van der Waals surface area contributed by atoms with Crippen LogP contribution in [0.15, 0.2) is 12.3 Å². The van der Waals surface area contributed by atoms with E-state index in [4.69, 9.17) is 9.31 Å². The van der Waals surface area contributed by atoms with Gasteiger partial charge < -0.3 is 9.31 Å². The minimum Gasteiger partial charge on any atom is -0.399 e. The molecule has 2 aromatic heterocycles. The fraction of sp³-hybridized carbons (Fsp3) is 0.538. The van der Waals surface area contributed by atoms with Crippen molar-refractivity contribution in [3.05, 3.63) is 23.9 Å². The van der Waals surface area contributed by atoms with Gasteiger partial charge in [0.05, 0.1) is 11.2 Å². The molecule has 0 aliphatic carbocycles. The summed E-state index contributed by atoms with van der Waals surface area (Å²) in [6, 6.07) is 1.65. The number of aryl methyl sites for hydroxylation is 1. The average Bonchev–Trinajstić information content (AvgIpc) is 2.79. The third-order valence-electron chi connectivity index (χ3n) is 4.23. The number of fused-ring (bicyclic) bond motifs is 1. The van der Waals surface area contributed by atoms with Gasteiger partial charge in [-0.05, 0) is 40.7 Å². The Morgan fingerprint density at radius 1 is 1.15 bits per heavy atom. The molecule has 0 spiro atoms. The molecule has 0 radical (unpaired) electrons. The minimum absolute atomic E-state index is 0.190. The normalized spacial score (nSPS) is 20.8. The second-order valence-corrected chi connectivity index (χ2v) is 6.11. The highest BCUT2D eigenvalue weighted by Gasteiger charge is 2.52. The maximum absolute atomic E-state index is 14.6. The Morgan fingerprint density at radius 2 is 1.75 bits per heavy atom. The molecule has 5 nitrogen and oxygen atoms in total. The van der Waals surface area contributed by atoms with Crippen LogP contribution in [-0.4, -0.2) is 32.9 Å². The third kappa shape index (κ3) is 1.77. The van der Waals surface area contributed by atoms with Gasteiger partial charge in [-0.2, -0.15) is 0 Å². The Balaban J connectivity index is 2.06. The molecule has 1 saturated heterocycles. The molecule has 2 aromatic rings. The van der Waals surface area contributed by atoms with E-state index < -0.39 is 24.1 Å². The summed E-state index contributed by atoms with van der Waals surface area (Å²) < 4.78 is 27.9. The van der Waals surface area contributed by atoms with Crippen molar-refractivity contribution in [1.82, 2.24) is 14.6 Å². The quantitative estimate of drug-likeness (QED) is 0.741. The van der Waals surface area contributed by atoms with Gasteiger partial charge in [-0.1, -0.05) is 0 Å². The Labute approximate surface area is 117 Å². The molecule has 1 fully saturated rings. The molecule has 3 rings (SSSR count). The first-order valence-electron chi connectivity index (χ1n) is 6.58. The Hall–Kier alpha value is -1.47. The predicted octanol–water partition coefficient (Wildman–Crippen LogP) is 1.48. The zero-order valence-electron chi connectivity index (χ0n) is 12.3. The molecule has 0 aromatic carbocycles. The van der Waals surface area contributed by atoms with Gasteiger partial charge in [0.15, 0.2) is 11.5 Å². The fourth-order valence-corrected chi connectivity index (χ4v) is 2.21. The first-order valence-corrected chi connectivity index (χ1v) is 6.58. The zero-order chi connectivity index (χ0) is 14.7. The van der Waals surface area contributed by atoms with Gasteiger partial charge in [-0.25, -0.2) is 4.39 Å². The first-order chi connectivity index (χ1) is 9.23. The lowest BCUT2D eigenvalue weighted by Gasteiger charge is -2.32. The van der Waals surface area contributed by atoms with Crippen molar-refractivity contribution >= 4 is 18.2 Å². The largest absolute Gasteiger partial charge is 0.498 e. The van der Waals surface area contributed by atoms with Crippen LogP contribution in [0, 0.1) is 12.7 Å². The lowest BCUT2D eigenvalue weighted by Crippen LogP contribution is -2.41. The smallest absolute Gasteiger partial charge is 0.399 e. The van der Waals surface area contributed by atoms with Gasteiger partial charge in [0.1, 0.15) is 5.82 Å². The highest BCUT2D eigenvalue weighted by molar-refractivity contribution is 6.62. The molecule has 0 atom stereocenters. The van der Waals surface area contributed by atoms with Gasteiger partial charge in [0, 0.05) is 11.7 Å². The van der Waals surface area contributed by atoms with E-state index in [0.29, 0.717) is 11.3 Å². The van der Waals surface area contributed by atoms with Gasteiger partial charge in [-0.3, -0.25) is 4.40 Å². The Bertz CT molecular complexity index is 668. The number of nitrogens with zero attached hydrogens (tertiary/aromatic N) is 3. The van der Waals surface area contributed by atoms with Crippen molar-refractivity contribution in [1.29, 1.82) is 0 Å². The molecular formula is C13H17BFN3O2. The number of aromatic nitrogens is 3. The van der Waals surface area contributed by atoms with Crippen LogP contribution in [0.3, 0.4) is 0 Å². The van der Waals surface area contributed by atoms with Crippen molar-refractivity contribution in [2.45, 2.75) is 45.8 Å². The molecule has 1 aliphatic rings. The number of hydrogen-bond acceptors (Lipinski definition) is 4. The summed E-state index contributed by atoms with van der Waals surface area (Å²) in [4.78, 5) is 0. The lowest BCUT2D eigenvalue weighted by atomic mass is 9.79. The number of hydrogen-bond donors (Lipinski definition) is 0. The van der Waals surface area contributed by atoms with E-state index in [1.165, 1.54) is 0 Å². The van der Waals surface area contributed by atoms with Crippen LogP contribution in [0.4, 0.5) is 4.39 Å². The molecule has 0 N–H and O–H groups in total. The summed E-state index contributed by atoms with van der Waals surface area (Å²) >= 11 is 0. The van der Waals surface area contributed by atoms with Crippen molar-refractivity contribution in [3.8, 4) is 0 Å². The molecule has 0 amide bonds. The SMILES string of the molecule is Cc1nnc2c(F)c(B3OC(C)(C)C(C)(C)O3)ccn12. The Kier molecular flexibility index (Phi) is 2.72. The molecule has 7 heteroatoms. The topological polar surface area (TPSA) is 48.7 Å². The minimum atomic E-state index is -0.734. The van der Waals surface area contributed by atoms with E-state index in [0.717, 1.165) is 0 Å². The van der Waals surface area contributed by atoms with Gasteiger partial charge in [-0.15, -0.1) is 10.2 Å². The van der Waals surface area contributed by atoms with Gasteiger partial charge in [0.2, 0.25) is 0 Å². The molecular weight excluding hydrogens is 260 g/mol. The van der Waals surface area contributed by atoms with E-state index in [1.807, 2.05) is 27.7 Å². The maximum Gasteiger partial charge on any atom is 0.498 e. The standard InChI is InChI=1S/C13H17BFN3O2/c1-8-16-17-11-10(15)9(6-7-18(8)11)14-19-12(2,3)13(4,5)20-14/h6-7H,1-5H3. The van der Waals surface area contributed by atoms with Crippen LogP contribution >= 0.6 is 0 Å². The Morgan fingerprint density at radius 3 is 2.35 bits per heavy atom. The van der Waals surface area contributed by atoms with Crippen LogP contribution in [-0.2, 0) is 9.31 Å². The fourth-order valence-electron chi connectivity index (χ4n) is 2.21. The number of halogens is 1. The average molecular weight is 277 g/mol. The van der Waals surface area contributed by atoms with Crippen LogP contribution < -0.4 is 5.46 Å². The summed E-state index contributed by atoms with van der Waals surface area (Å²) in [5.41, 5.74) is -0.460. The number of pyridine rings is 1. The zero-order valence-corrected chi connectivity index (χ0v) is 12.3. The molecule has 0 bridgehead atoms. The first kappa shape index (κ1) is 13.5. The lowest BCUT2D eigenvalue weighted by molar-refractivity contribution is 0.00578. The molecule has 0 unspecified atom stereocenters. The van der Waals surface area contributed by atoms with Crippen molar-refractivity contribution in [3.63, 3.8) is 0 Å². The van der Waals surface area contributed by atoms with Gasteiger partial charge in [0.25, 0.3) is 0 Å². The molecule has 1 aliphatic heterocycles. The van der Waals surface area contributed by atoms with E-state index in [1.54, 1.807) is 23.6 Å². The van der Waals surface area contributed by atoms with Crippen LogP contribution in [0.1, 0.15) is 33.5 Å². The summed E-state index contributed by atoms with van der Waals surface area (Å²) in [6.45, 7) is 9.51. The second-order valence-electron chi connectivity index (χ2n) is 6.11. The maximum atomic E-state index is 14.6. The number of rotatable bonds is 1. The van der Waals surface area contributed by atoms with E-state index in [9.17, 15) is 4.39 Å². The van der Waals surface area contributed by atoms with Crippen molar-refractivity contribution < 1.29 is 13.7 Å². The van der Waals surface area contributed by atoms with E-state index in [-0.39, 0.29) is 5.65 Å². The van der Waals surface area contributed by atoms with E-state index >= 15 is 0 Å². The predicted molar refractivity (Wildman–Crippen MR) is 73.4 cm³/mol. The van der Waals surface area contributed by atoms with Crippen molar-refractivity contribution in [2.24, 2.45) is 0 Å². The van der Waals surface area contributed by atoms with Crippen LogP contribution in [0.5, 0.6) is 0 Å². The van der Waals surface area contributed by atoms with Crippen LogP contribution in [0.25, 0.3) is 5.65 Å². The highest BCUT2D eigenvalue weighted by Crippen LogP contribution is 2.36. The third-order valence-corrected chi connectivity index (χ3v) is 4.23. The molecule has 3 heterocycles. The van der Waals surface area contributed by atoms with Crippen LogP contribution in [0.2, 0.25) is 0 Å². The highest BCUT2D eigenvalue weighted by atomic mass is 19.1.